The van der Waals surface area contributed by atoms with Gasteiger partial charge in [0.2, 0.25) is 0 Å². The van der Waals surface area contributed by atoms with Crippen molar-refractivity contribution in [2.45, 2.75) is 32.7 Å². The van der Waals surface area contributed by atoms with E-state index in [-0.39, 0.29) is 30.5 Å². The van der Waals surface area contributed by atoms with Gasteiger partial charge in [0.15, 0.2) is 11.6 Å². The molecule has 0 aliphatic carbocycles. The zero-order chi connectivity index (χ0) is 16.0. The third-order valence-corrected chi connectivity index (χ3v) is 3.58. The molecule has 1 rings (SSSR count). The lowest BCUT2D eigenvalue weighted by Crippen LogP contribution is -2.45. The van der Waals surface area contributed by atoms with E-state index >= 15 is 0 Å². The van der Waals surface area contributed by atoms with Gasteiger partial charge in [-0.15, -0.1) is 0 Å². The molecule has 0 aliphatic rings. The van der Waals surface area contributed by atoms with Crippen LogP contribution in [0, 0.1) is 17.6 Å². The van der Waals surface area contributed by atoms with E-state index in [1.807, 2.05) is 13.8 Å². The Morgan fingerprint density at radius 3 is 2.48 bits per heavy atom. The third kappa shape index (κ3) is 5.30. The second kappa shape index (κ2) is 7.93. The van der Waals surface area contributed by atoms with Crippen molar-refractivity contribution in [3.05, 3.63) is 35.4 Å². The topological polar surface area (TPSA) is 61.4 Å². The summed E-state index contributed by atoms with van der Waals surface area (Å²) in [5.41, 5.74) is 0.617. The number of urea groups is 1. The van der Waals surface area contributed by atoms with Gasteiger partial charge < -0.3 is 15.7 Å². The molecule has 0 heterocycles. The van der Waals surface area contributed by atoms with E-state index in [0.29, 0.717) is 12.1 Å². The summed E-state index contributed by atoms with van der Waals surface area (Å²) in [6, 6.07) is 3.20. The minimum Gasteiger partial charge on any atom is -0.396 e. The van der Waals surface area contributed by atoms with Gasteiger partial charge in [0.25, 0.3) is 0 Å². The molecule has 0 fully saturated rings. The molecule has 0 aliphatic heterocycles. The number of benzene rings is 1. The maximum absolute atomic E-state index is 13.1. The molecule has 0 spiro atoms. The van der Waals surface area contributed by atoms with E-state index in [0.717, 1.165) is 12.1 Å². The van der Waals surface area contributed by atoms with Crippen LogP contribution in [0.3, 0.4) is 0 Å². The normalized spacial score (nSPS) is 15.1. The molecule has 1 aromatic carbocycles. The molecule has 3 N–H and O–H groups in total. The molecular weight excluding hydrogens is 278 g/mol. The van der Waals surface area contributed by atoms with Crippen LogP contribution in [0.15, 0.2) is 18.2 Å². The highest BCUT2D eigenvalue weighted by molar-refractivity contribution is 5.74. The molecule has 0 radical (unpaired) electrons. The Bertz CT molecular complexity index is 483. The van der Waals surface area contributed by atoms with E-state index < -0.39 is 11.6 Å². The first-order chi connectivity index (χ1) is 9.85. The molecule has 0 saturated carbocycles. The molecule has 2 amide bonds. The van der Waals surface area contributed by atoms with Crippen molar-refractivity contribution in [1.82, 2.24) is 10.6 Å². The number of rotatable bonds is 6. The molecule has 21 heavy (non-hydrogen) atoms. The Hall–Kier alpha value is -1.69. The van der Waals surface area contributed by atoms with E-state index in [9.17, 15) is 13.6 Å². The van der Waals surface area contributed by atoms with Gasteiger partial charge in [-0.3, -0.25) is 0 Å². The highest BCUT2D eigenvalue weighted by atomic mass is 19.2. The van der Waals surface area contributed by atoms with Crippen LogP contribution in [-0.4, -0.2) is 30.3 Å². The summed E-state index contributed by atoms with van der Waals surface area (Å²) in [7, 11) is 0. The van der Waals surface area contributed by atoms with Crippen LogP contribution in [0.2, 0.25) is 0 Å². The molecule has 0 saturated heterocycles. The molecule has 0 aromatic heterocycles. The molecule has 3 atom stereocenters. The van der Waals surface area contributed by atoms with Crippen molar-refractivity contribution >= 4 is 6.03 Å². The largest absolute Gasteiger partial charge is 0.396 e. The van der Waals surface area contributed by atoms with Crippen LogP contribution >= 0.6 is 0 Å². The van der Waals surface area contributed by atoms with E-state index in [2.05, 4.69) is 10.6 Å². The summed E-state index contributed by atoms with van der Waals surface area (Å²) in [4.78, 5) is 11.7. The molecule has 118 valence electrons. The fourth-order valence-corrected chi connectivity index (χ4v) is 1.74. The Kier molecular flexibility index (Phi) is 6.55. The van der Waals surface area contributed by atoms with Crippen LogP contribution in [0.4, 0.5) is 13.6 Å². The lowest BCUT2D eigenvalue weighted by Gasteiger charge is -2.20. The van der Waals surface area contributed by atoms with Crippen molar-refractivity contribution in [3.8, 4) is 0 Å². The first-order valence-electron chi connectivity index (χ1n) is 6.95. The van der Waals surface area contributed by atoms with Gasteiger partial charge in [-0.25, -0.2) is 13.6 Å². The summed E-state index contributed by atoms with van der Waals surface area (Å²) in [6.45, 7) is 5.74. The number of aliphatic hydroxyl groups is 1. The van der Waals surface area contributed by atoms with Gasteiger partial charge >= 0.3 is 6.03 Å². The van der Waals surface area contributed by atoms with Gasteiger partial charge in [-0.05, 0) is 36.5 Å². The van der Waals surface area contributed by atoms with Crippen LogP contribution in [0.1, 0.15) is 32.3 Å². The minimum absolute atomic E-state index is 0.00724. The Balaban J connectivity index is 2.47. The summed E-state index contributed by atoms with van der Waals surface area (Å²) < 4.78 is 26.0. The van der Waals surface area contributed by atoms with Crippen molar-refractivity contribution < 1.29 is 18.7 Å². The Labute approximate surface area is 123 Å². The number of hydrogen-bond acceptors (Lipinski definition) is 2. The maximum Gasteiger partial charge on any atom is 0.315 e. The van der Waals surface area contributed by atoms with E-state index in [1.165, 1.54) is 6.07 Å². The van der Waals surface area contributed by atoms with Crippen molar-refractivity contribution in [2.75, 3.05) is 13.2 Å². The number of carbonyl (C=O) groups excluding carboxylic acids is 1. The van der Waals surface area contributed by atoms with Crippen molar-refractivity contribution in [2.24, 2.45) is 5.92 Å². The average Bonchev–Trinajstić information content (AvgIpc) is 2.46. The first-order valence-corrected chi connectivity index (χ1v) is 6.95. The quantitative estimate of drug-likeness (QED) is 0.755. The number of aliphatic hydroxyl groups excluding tert-OH is 1. The third-order valence-electron chi connectivity index (χ3n) is 3.58. The van der Waals surface area contributed by atoms with Crippen LogP contribution < -0.4 is 10.6 Å². The average molecular weight is 300 g/mol. The predicted molar refractivity (Wildman–Crippen MR) is 77.0 cm³/mol. The lowest BCUT2D eigenvalue weighted by molar-refractivity contribution is 0.200. The summed E-state index contributed by atoms with van der Waals surface area (Å²) in [5, 5.41) is 14.4. The van der Waals surface area contributed by atoms with E-state index in [1.54, 1.807) is 6.92 Å². The van der Waals surface area contributed by atoms with Crippen LogP contribution in [-0.2, 0) is 0 Å². The van der Waals surface area contributed by atoms with Crippen LogP contribution in [0.25, 0.3) is 0 Å². The van der Waals surface area contributed by atoms with Crippen molar-refractivity contribution in [3.63, 3.8) is 0 Å². The predicted octanol–water partition coefficient (Wildman–Crippen LogP) is 2.38. The van der Waals surface area contributed by atoms with Gasteiger partial charge in [-0.2, -0.15) is 0 Å². The van der Waals surface area contributed by atoms with Gasteiger partial charge in [0, 0.05) is 19.2 Å². The van der Waals surface area contributed by atoms with E-state index in [4.69, 9.17) is 5.11 Å². The number of hydrogen-bond donors (Lipinski definition) is 3. The minimum atomic E-state index is -0.894. The maximum atomic E-state index is 13.1. The number of halogens is 2. The molecule has 4 nitrogen and oxygen atoms in total. The Morgan fingerprint density at radius 1 is 1.24 bits per heavy atom. The molecular formula is C15H22F2N2O2. The number of amides is 2. The number of nitrogens with one attached hydrogen (secondary N) is 2. The molecule has 0 unspecified atom stereocenters. The highest BCUT2D eigenvalue weighted by Gasteiger charge is 2.15. The fourth-order valence-electron chi connectivity index (χ4n) is 1.74. The fraction of sp³-hybridized carbons (Fsp3) is 0.533. The van der Waals surface area contributed by atoms with Gasteiger partial charge in [-0.1, -0.05) is 19.9 Å². The Morgan fingerprint density at radius 2 is 1.90 bits per heavy atom. The van der Waals surface area contributed by atoms with Gasteiger partial charge in [0.05, 0.1) is 0 Å². The molecule has 6 heteroatoms. The summed E-state index contributed by atoms with van der Waals surface area (Å²) in [6.07, 6.45) is 0. The highest BCUT2D eigenvalue weighted by Crippen LogP contribution is 2.17. The zero-order valence-electron chi connectivity index (χ0n) is 12.5. The lowest BCUT2D eigenvalue weighted by atomic mass is 10.0. The van der Waals surface area contributed by atoms with Crippen LogP contribution in [0.5, 0.6) is 0 Å². The second-order valence-corrected chi connectivity index (χ2v) is 5.38. The standard InChI is InChI=1S/C15H22F2N2O2/c1-9(12-4-5-13(16)14(17)6-12)7-18-15(21)19-11(3)10(2)8-20/h4-6,9-11,20H,7-8H2,1-3H3,(H2,18,19,21)/t9-,10-,11+/m1/s1. The summed E-state index contributed by atoms with van der Waals surface area (Å²) >= 11 is 0. The summed E-state index contributed by atoms with van der Waals surface area (Å²) in [5.74, 6) is -1.96. The first kappa shape index (κ1) is 17.4. The second-order valence-electron chi connectivity index (χ2n) is 5.38. The monoisotopic (exact) mass is 300 g/mol. The molecule has 1 aromatic rings. The smallest absolute Gasteiger partial charge is 0.315 e. The SMILES string of the molecule is C[C@H](CNC(=O)N[C@@H](C)[C@H](C)CO)c1ccc(F)c(F)c1. The van der Waals surface area contributed by atoms with Gasteiger partial charge in [0.1, 0.15) is 0 Å². The zero-order valence-corrected chi connectivity index (χ0v) is 12.5. The van der Waals surface area contributed by atoms with Crippen molar-refractivity contribution in [1.29, 1.82) is 0 Å². The number of carbonyl (C=O) groups is 1. The molecule has 0 bridgehead atoms.